The van der Waals surface area contributed by atoms with Crippen molar-refractivity contribution < 1.29 is 9.47 Å². The molecule has 110 valence electrons. The Bertz CT molecular complexity index is 447. The molecule has 1 N–H and O–H groups in total. The number of rotatable bonds is 7. The zero-order valence-corrected chi connectivity index (χ0v) is 12.5. The lowest BCUT2D eigenvalue weighted by molar-refractivity contribution is -0.0834. The highest BCUT2D eigenvalue weighted by Crippen LogP contribution is 2.42. The average molecular weight is 275 g/mol. The fourth-order valence-electron chi connectivity index (χ4n) is 3.00. The van der Waals surface area contributed by atoms with Gasteiger partial charge in [0.05, 0.1) is 11.7 Å². The maximum absolute atomic E-state index is 5.90. The van der Waals surface area contributed by atoms with Gasteiger partial charge in [0.25, 0.3) is 0 Å². The molecule has 3 rings (SSSR count). The minimum Gasteiger partial charge on any atom is -0.490 e. The first-order chi connectivity index (χ1) is 9.74. The molecular formula is C17H25NO2. The maximum atomic E-state index is 5.90. The second-order valence-electron chi connectivity index (χ2n) is 6.18. The van der Waals surface area contributed by atoms with E-state index in [1.807, 2.05) is 14.2 Å². The molecule has 1 aromatic carbocycles. The van der Waals surface area contributed by atoms with Gasteiger partial charge in [0, 0.05) is 13.2 Å². The zero-order chi connectivity index (χ0) is 14.0. The molecule has 20 heavy (non-hydrogen) atoms. The van der Waals surface area contributed by atoms with Crippen molar-refractivity contribution in [1.82, 2.24) is 5.32 Å². The van der Waals surface area contributed by atoms with Gasteiger partial charge < -0.3 is 14.8 Å². The number of benzene rings is 1. The molecule has 0 aliphatic heterocycles. The third-order valence-electron chi connectivity index (χ3n) is 4.71. The smallest absolute Gasteiger partial charge is 0.120 e. The zero-order valence-electron chi connectivity index (χ0n) is 12.5. The molecule has 0 bridgehead atoms. The van der Waals surface area contributed by atoms with E-state index in [-0.39, 0.29) is 5.60 Å². The van der Waals surface area contributed by atoms with E-state index in [4.69, 9.17) is 9.47 Å². The molecule has 0 radical (unpaired) electrons. The Kier molecular flexibility index (Phi) is 3.99. The third-order valence-corrected chi connectivity index (χ3v) is 4.71. The second-order valence-corrected chi connectivity index (χ2v) is 6.18. The molecule has 3 heteroatoms. The molecule has 1 atom stereocenters. The Hall–Kier alpha value is -1.06. The van der Waals surface area contributed by atoms with E-state index in [1.165, 1.54) is 37.7 Å². The summed E-state index contributed by atoms with van der Waals surface area (Å²) in [5.74, 6) is 1.00. The van der Waals surface area contributed by atoms with Gasteiger partial charge in [-0.15, -0.1) is 0 Å². The summed E-state index contributed by atoms with van der Waals surface area (Å²) < 4.78 is 11.7. The molecule has 1 aromatic rings. The Morgan fingerprint density at radius 2 is 2.15 bits per heavy atom. The predicted octanol–water partition coefficient (Wildman–Crippen LogP) is 3.45. The number of ether oxygens (including phenoxy) is 2. The van der Waals surface area contributed by atoms with E-state index in [9.17, 15) is 0 Å². The first-order valence-corrected chi connectivity index (χ1v) is 7.74. The molecule has 0 amide bonds. The lowest BCUT2D eigenvalue weighted by Gasteiger charge is -2.43. The SMILES string of the molecule is CNC(CC1(OC)CCC1)c1cccc(OC2CC2)c1. The van der Waals surface area contributed by atoms with Crippen LogP contribution in [0.1, 0.15) is 50.1 Å². The molecule has 0 aromatic heterocycles. The third kappa shape index (κ3) is 2.99. The highest BCUT2D eigenvalue weighted by molar-refractivity contribution is 5.31. The predicted molar refractivity (Wildman–Crippen MR) is 80.1 cm³/mol. The molecule has 0 heterocycles. The summed E-state index contributed by atoms with van der Waals surface area (Å²) in [5.41, 5.74) is 1.38. The van der Waals surface area contributed by atoms with Crippen molar-refractivity contribution >= 4 is 0 Å². The summed E-state index contributed by atoms with van der Waals surface area (Å²) in [6, 6.07) is 8.85. The van der Waals surface area contributed by atoms with Crippen LogP contribution < -0.4 is 10.1 Å². The van der Waals surface area contributed by atoms with Gasteiger partial charge in [-0.3, -0.25) is 0 Å². The van der Waals surface area contributed by atoms with Gasteiger partial charge in [-0.2, -0.15) is 0 Å². The quantitative estimate of drug-likeness (QED) is 0.827. The van der Waals surface area contributed by atoms with Crippen molar-refractivity contribution in [3.05, 3.63) is 29.8 Å². The Balaban J connectivity index is 1.70. The Morgan fingerprint density at radius 1 is 1.35 bits per heavy atom. The number of nitrogens with one attached hydrogen (secondary N) is 1. The fourth-order valence-corrected chi connectivity index (χ4v) is 3.00. The molecule has 2 fully saturated rings. The van der Waals surface area contributed by atoms with Crippen molar-refractivity contribution in [2.75, 3.05) is 14.2 Å². The van der Waals surface area contributed by atoms with Gasteiger partial charge in [0.2, 0.25) is 0 Å². The average Bonchev–Trinajstić information content (AvgIpc) is 3.23. The molecule has 2 aliphatic carbocycles. The minimum absolute atomic E-state index is 0.0844. The molecule has 3 nitrogen and oxygen atoms in total. The number of hydrogen-bond donors (Lipinski definition) is 1. The van der Waals surface area contributed by atoms with Crippen LogP contribution in [-0.4, -0.2) is 25.9 Å². The van der Waals surface area contributed by atoms with E-state index in [0.717, 1.165) is 12.2 Å². The highest BCUT2D eigenvalue weighted by atomic mass is 16.5. The van der Waals surface area contributed by atoms with Gasteiger partial charge in [0.1, 0.15) is 5.75 Å². The largest absolute Gasteiger partial charge is 0.490 e. The van der Waals surface area contributed by atoms with Crippen LogP contribution >= 0.6 is 0 Å². The summed E-state index contributed by atoms with van der Waals surface area (Å²) in [6.45, 7) is 0. The maximum Gasteiger partial charge on any atom is 0.120 e. The van der Waals surface area contributed by atoms with Crippen LogP contribution in [0, 0.1) is 0 Å². The molecule has 2 aliphatic rings. The molecular weight excluding hydrogens is 250 g/mol. The van der Waals surface area contributed by atoms with Crippen LogP contribution in [0.4, 0.5) is 0 Å². The van der Waals surface area contributed by atoms with Crippen LogP contribution in [0.2, 0.25) is 0 Å². The van der Waals surface area contributed by atoms with Crippen LogP contribution in [0.15, 0.2) is 24.3 Å². The molecule has 0 saturated heterocycles. The van der Waals surface area contributed by atoms with E-state index in [0.29, 0.717) is 12.1 Å². The van der Waals surface area contributed by atoms with Crippen molar-refractivity contribution in [3.63, 3.8) is 0 Å². The lowest BCUT2D eigenvalue weighted by atomic mass is 9.74. The standard InChI is InChI=1S/C17H25NO2/c1-18-16(12-17(19-2)9-4-10-17)13-5-3-6-15(11-13)20-14-7-8-14/h3,5-6,11,14,16,18H,4,7-10,12H2,1-2H3. The van der Waals surface area contributed by atoms with Crippen molar-refractivity contribution in [2.45, 2.75) is 56.3 Å². The van der Waals surface area contributed by atoms with Gasteiger partial charge in [0.15, 0.2) is 0 Å². The van der Waals surface area contributed by atoms with Crippen LogP contribution in [0.25, 0.3) is 0 Å². The summed E-state index contributed by atoms with van der Waals surface area (Å²) in [6.07, 6.45) is 7.54. The first kappa shape index (κ1) is 13.9. The van der Waals surface area contributed by atoms with Gasteiger partial charge in [-0.25, -0.2) is 0 Å². The minimum atomic E-state index is 0.0844. The van der Waals surface area contributed by atoms with Crippen LogP contribution in [0.5, 0.6) is 5.75 Å². The van der Waals surface area contributed by atoms with Gasteiger partial charge in [-0.05, 0) is 63.3 Å². The molecule has 1 unspecified atom stereocenters. The van der Waals surface area contributed by atoms with Gasteiger partial charge in [-0.1, -0.05) is 12.1 Å². The monoisotopic (exact) mass is 275 g/mol. The normalized spacial score (nSPS) is 22.1. The second kappa shape index (κ2) is 5.74. The Morgan fingerprint density at radius 3 is 2.70 bits per heavy atom. The van der Waals surface area contributed by atoms with Crippen molar-refractivity contribution in [2.24, 2.45) is 0 Å². The van der Waals surface area contributed by atoms with E-state index in [1.54, 1.807) is 0 Å². The molecule has 2 saturated carbocycles. The first-order valence-electron chi connectivity index (χ1n) is 7.74. The van der Waals surface area contributed by atoms with E-state index in [2.05, 4.69) is 29.6 Å². The summed E-state index contributed by atoms with van der Waals surface area (Å²) in [4.78, 5) is 0. The number of hydrogen-bond acceptors (Lipinski definition) is 3. The van der Waals surface area contributed by atoms with Crippen molar-refractivity contribution in [3.8, 4) is 5.75 Å². The van der Waals surface area contributed by atoms with E-state index >= 15 is 0 Å². The van der Waals surface area contributed by atoms with Crippen LogP contribution in [-0.2, 0) is 4.74 Å². The fraction of sp³-hybridized carbons (Fsp3) is 0.647. The highest BCUT2D eigenvalue weighted by Gasteiger charge is 2.39. The summed E-state index contributed by atoms with van der Waals surface area (Å²) in [7, 11) is 3.87. The Labute approximate surface area is 121 Å². The van der Waals surface area contributed by atoms with E-state index < -0.39 is 0 Å². The topological polar surface area (TPSA) is 30.5 Å². The van der Waals surface area contributed by atoms with Gasteiger partial charge >= 0.3 is 0 Å². The summed E-state index contributed by atoms with van der Waals surface area (Å²) in [5, 5.41) is 3.44. The van der Waals surface area contributed by atoms with Crippen molar-refractivity contribution in [1.29, 1.82) is 0 Å². The lowest BCUT2D eigenvalue weighted by Crippen LogP contribution is -2.42. The molecule has 0 spiro atoms. The number of methoxy groups -OCH3 is 1. The van der Waals surface area contributed by atoms with Crippen LogP contribution in [0.3, 0.4) is 0 Å². The summed E-state index contributed by atoms with van der Waals surface area (Å²) >= 11 is 0.